The van der Waals surface area contributed by atoms with Crippen LogP contribution >= 0.6 is 35.7 Å². The second-order valence-corrected chi connectivity index (χ2v) is 8.09. The molecule has 0 radical (unpaired) electrons. The molecule has 3 fully saturated rings. The third-order valence-corrected chi connectivity index (χ3v) is 6.48. The van der Waals surface area contributed by atoms with Crippen LogP contribution in [0, 0.1) is 5.92 Å². The molecular weight excluding hydrogens is 381 g/mol. The van der Waals surface area contributed by atoms with Crippen LogP contribution in [0.5, 0.6) is 0 Å². The molecular formula is C15H28IN3S. The maximum atomic E-state index is 4.53. The van der Waals surface area contributed by atoms with Gasteiger partial charge < -0.3 is 10.2 Å². The smallest absolute Gasteiger partial charge is 0.193 e. The van der Waals surface area contributed by atoms with Gasteiger partial charge in [0, 0.05) is 36.7 Å². The quantitative estimate of drug-likeness (QED) is 0.409. The molecule has 2 unspecified atom stereocenters. The Balaban J connectivity index is 0.00000147. The van der Waals surface area contributed by atoms with E-state index in [9.17, 15) is 0 Å². The van der Waals surface area contributed by atoms with E-state index < -0.39 is 0 Å². The van der Waals surface area contributed by atoms with Crippen LogP contribution in [-0.4, -0.2) is 47.5 Å². The van der Waals surface area contributed by atoms with E-state index >= 15 is 0 Å². The van der Waals surface area contributed by atoms with Crippen LogP contribution in [0.2, 0.25) is 0 Å². The first-order chi connectivity index (χ1) is 9.22. The highest BCUT2D eigenvalue weighted by molar-refractivity contribution is 14.0. The predicted octanol–water partition coefficient (Wildman–Crippen LogP) is 3.34. The normalized spacial score (nSPS) is 32.7. The highest BCUT2D eigenvalue weighted by Crippen LogP contribution is 2.42. The van der Waals surface area contributed by atoms with Gasteiger partial charge in [0.15, 0.2) is 5.96 Å². The molecule has 1 spiro atoms. The van der Waals surface area contributed by atoms with E-state index in [1.54, 1.807) is 0 Å². The Morgan fingerprint density at radius 2 is 2.00 bits per heavy atom. The predicted molar refractivity (Wildman–Crippen MR) is 99.3 cm³/mol. The molecule has 0 aromatic carbocycles. The molecule has 0 aromatic heterocycles. The zero-order valence-electron chi connectivity index (χ0n) is 12.7. The zero-order chi connectivity index (χ0) is 13.3. The van der Waals surface area contributed by atoms with E-state index in [0.29, 0.717) is 10.8 Å². The van der Waals surface area contributed by atoms with Crippen LogP contribution in [0.3, 0.4) is 0 Å². The van der Waals surface area contributed by atoms with Gasteiger partial charge in [-0.2, -0.15) is 11.8 Å². The third-order valence-electron chi connectivity index (χ3n) is 4.95. The maximum Gasteiger partial charge on any atom is 0.193 e. The van der Waals surface area contributed by atoms with Crippen molar-refractivity contribution in [1.29, 1.82) is 0 Å². The van der Waals surface area contributed by atoms with E-state index in [2.05, 4.69) is 33.9 Å². The summed E-state index contributed by atoms with van der Waals surface area (Å²) in [6.45, 7) is 4.69. The number of hydrogen-bond acceptors (Lipinski definition) is 2. The standard InChI is InChI=1S/C15H27N3S.HI/c1-12-10-13(12)17-14(16-2)18-8-9-19-15(11-18)6-4-3-5-7-15;/h12-13H,3-11H2,1-2H3,(H,16,17);1H. The number of hydrogen-bond donors (Lipinski definition) is 1. The summed E-state index contributed by atoms with van der Waals surface area (Å²) in [7, 11) is 1.94. The van der Waals surface area contributed by atoms with Gasteiger partial charge in [0.2, 0.25) is 0 Å². The third kappa shape index (κ3) is 3.76. The molecule has 1 saturated heterocycles. The van der Waals surface area contributed by atoms with E-state index in [-0.39, 0.29) is 24.0 Å². The monoisotopic (exact) mass is 409 g/mol. The average molecular weight is 409 g/mol. The van der Waals surface area contributed by atoms with Crippen molar-refractivity contribution >= 4 is 41.7 Å². The van der Waals surface area contributed by atoms with Crippen molar-refractivity contribution in [3.05, 3.63) is 0 Å². The zero-order valence-corrected chi connectivity index (χ0v) is 15.9. The summed E-state index contributed by atoms with van der Waals surface area (Å²) in [5.41, 5.74) is 0. The largest absolute Gasteiger partial charge is 0.353 e. The fourth-order valence-corrected chi connectivity index (χ4v) is 5.08. The minimum absolute atomic E-state index is 0. The number of thioether (sulfide) groups is 1. The molecule has 0 amide bonds. The number of aliphatic imine (C=N–C) groups is 1. The summed E-state index contributed by atoms with van der Waals surface area (Å²) in [5, 5.41) is 3.65. The molecule has 1 aliphatic heterocycles. The van der Waals surface area contributed by atoms with Gasteiger partial charge in [0.1, 0.15) is 0 Å². The molecule has 20 heavy (non-hydrogen) atoms. The average Bonchev–Trinajstić information content (AvgIpc) is 3.12. The Kier molecular flexibility index (Phi) is 5.91. The summed E-state index contributed by atoms with van der Waals surface area (Å²) in [6, 6.07) is 0.676. The fraction of sp³-hybridized carbons (Fsp3) is 0.933. The molecule has 3 nitrogen and oxygen atoms in total. The van der Waals surface area contributed by atoms with Crippen molar-refractivity contribution in [2.75, 3.05) is 25.9 Å². The van der Waals surface area contributed by atoms with Crippen LogP contribution < -0.4 is 5.32 Å². The van der Waals surface area contributed by atoms with Gasteiger partial charge in [0.25, 0.3) is 0 Å². The van der Waals surface area contributed by atoms with Crippen molar-refractivity contribution in [2.24, 2.45) is 10.9 Å². The number of nitrogens with one attached hydrogen (secondary N) is 1. The lowest BCUT2D eigenvalue weighted by Gasteiger charge is -2.45. The molecule has 0 bridgehead atoms. The molecule has 2 aliphatic carbocycles. The van der Waals surface area contributed by atoms with Gasteiger partial charge >= 0.3 is 0 Å². The van der Waals surface area contributed by atoms with Crippen molar-refractivity contribution < 1.29 is 0 Å². The Bertz CT molecular complexity index is 350. The molecule has 2 atom stereocenters. The maximum absolute atomic E-state index is 4.53. The van der Waals surface area contributed by atoms with E-state index in [1.165, 1.54) is 50.8 Å². The number of nitrogens with zero attached hydrogens (tertiary/aromatic N) is 2. The molecule has 3 rings (SSSR count). The van der Waals surface area contributed by atoms with Crippen LogP contribution in [-0.2, 0) is 0 Å². The highest BCUT2D eigenvalue weighted by Gasteiger charge is 2.40. The molecule has 1 heterocycles. The molecule has 1 N–H and O–H groups in total. The minimum Gasteiger partial charge on any atom is -0.353 e. The molecule has 3 aliphatic rings. The second-order valence-electron chi connectivity index (χ2n) is 6.52. The van der Waals surface area contributed by atoms with Gasteiger partial charge in [-0.05, 0) is 25.2 Å². The van der Waals surface area contributed by atoms with Crippen molar-refractivity contribution in [3.8, 4) is 0 Å². The van der Waals surface area contributed by atoms with Crippen molar-refractivity contribution in [2.45, 2.75) is 56.2 Å². The van der Waals surface area contributed by atoms with Gasteiger partial charge in [-0.3, -0.25) is 4.99 Å². The first kappa shape index (κ1) is 16.7. The van der Waals surface area contributed by atoms with Gasteiger partial charge in [-0.25, -0.2) is 0 Å². The van der Waals surface area contributed by atoms with Gasteiger partial charge in [-0.1, -0.05) is 26.2 Å². The molecule has 0 aromatic rings. The lowest BCUT2D eigenvalue weighted by molar-refractivity contribution is 0.293. The number of halogens is 1. The summed E-state index contributed by atoms with van der Waals surface area (Å²) in [5.74, 6) is 3.25. The Labute approximate surface area is 144 Å². The lowest BCUT2D eigenvalue weighted by Crippen LogP contribution is -2.53. The fourth-order valence-electron chi connectivity index (χ4n) is 3.51. The Morgan fingerprint density at radius 3 is 2.60 bits per heavy atom. The van der Waals surface area contributed by atoms with Crippen LogP contribution in [0.1, 0.15) is 45.4 Å². The van der Waals surface area contributed by atoms with Crippen molar-refractivity contribution in [3.63, 3.8) is 0 Å². The van der Waals surface area contributed by atoms with Gasteiger partial charge in [-0.15, -0.1) is 24.0 Å². The van der Waals surface area contributed by atoms with Crippen LogP contribution in [0.25, 0.3) is 0 Å². The summed E-state index contributed by atoms with van der Waals surface area (Å²) < 4.78 is 0.531. The SMILES string of the molecule is CN=C(NC1CC1C)N1CCSC2(CCCCC2)C1.I. The summed E-state index contributed by atoms with van der Waals surface area (Å²) in [4.78, 5) is 7.05. The Morgan fingerprint density at radius 1 is 1.30 bits per heavy atom. The topological polar surface area (TPSA) is 27.6 Å². The van der Waals surface area contributed by atoms with E-state index in [0.717, 1.165) is 18.4 Å². The minimum atomic E-state index is 0. The van der Waals surface area contributed by atoms with Crippen LogP contribution in [0.15, 0.2) is 4.99 Å². The van der Waals surface area contributed by atoms with Gasteiger partial charge in [0.05, 0.1) is 0 Å². The number of guanidine groups is 1. The highest BCUT2D eigenvalue weighted by atomic mass is 127. The Hall–Kier alpha value is 0.350. The first-order valence-electron chi connectivity index (χ1n) is 7.85. The molecule has 5 heteroatoms. The summed E-state index contributed by atoms with van der Waals surface area (Å²) in [6.07, 6.45) is 8.41. The number of rotatable bonds is 1. The summed E-state index contributed by atoms with van der Waals surface area (Å²) >= 11 is 2.23. The molecule has 116 valence electrons. The lowest BCUT2D eigenvalue weighted by atomic mass is 9.87. The van der Waals surface area contributed by atoms with E-state index in [1.807, 2.05) is 7.05 Å². The van der Waals surface area contributed by atoms with Crippen molar-refractivity contribution in [1.82, 2.24) is 10.2 Å². The van der Waals surface area contributed by atoms with E-state index in [4.69, 9.17) is 0 Å². The second kappa shape index (κ2) is 7.07. The first-order valence-corrected chi connectivity index (χ1v) is 8.83. The molecule has 2 saturated carbocycles. The van der Waals surface area contributed by atoms with Crippen LogP contribution in [0.4, 0.5) is 0 Å².